The van der Waals surface area contributed by atoms with Crippen molar-refractivity contribution in [2.24, 2.45) is 0 Å². The van der Waals surface area contributed by atoms with E-state index in [2.05, 4.69) is 28.8 Å². The molecule has 3 aromatic rings. The van der Waals surface area contributed by atoms with Crippen molar-refractivity contribution in [2.75, 3.05) is 17.2 Å². The second-order valence-corrected chi connectivity index (χ2v) is 8.61. The van der Waals surface area contributed by atoms with Gasteiger partial charge >= 0.3 is 5.97 Å². The summed E-state index contributed by atoms with van der Waals surface area (Å²) in [5.74, 6) is -0.262. The van der Waals surface area contributed by atoms with Gasteiger partial charge in [-0.15, -0.1) is 11.3 Å². The number of carbonyl (C=O) groups excluding carboxylic acids is 1. The van der Waals surface area contributed by atoms with Gasteiger partial charge in [0.15, 0.2) is 5.11 Å². The van der Waals surface area contributed by atoms with Crippen molar-refractivity contribution in [2.45, 2.75) is 39.0 Å². The van der Waals surface area contributed by atoms with E-state index in [1.165, 1.54) is 11.3 Å². The Morgan fingerprint density at radius 2 is 1.86 bits per heavy atom. The number of ether oxygens (including phenoxy) is 1. The van der Waals surface area contributed by atoms with Crippen molar-refractivity contribution >= 4 is 56.1 Å². The van der Waals surface area contributed by atoms with Crippen molar-refractivity contribution in [1.82, 2.24) is 0 Å². The van der Waals surface area contributed by atoms with Crippen LogP contribution in [-0.4, -0.2) is 17.7 Å². The summed E-state index contributed by atoms with van der Waals surface area (Å²) in [6.07, 6.45) is 5.40. The number of hydrogen-bond donors (Lipinski definition) is 2. The third-order valence-corrected chi connectivity index (χ3v) is 6.58. The molecular formula is C23H24N2O2S2. The minimum absolute atomic E-state index is 0.262. The van der Waals surface area contributed by atoms with E-state index in [4.69, 9.17) is 17.0 Å². The van der Waals surface area contributed by atoms with Gasteiger partial charge in [0, 0.05) is 16.0 Å². The Hall–Kier alpha value is -2.44. The van der Waals surface area contributed by atoms with Gasteiger partial charge in [-0.2, -0.15) is 0 Å². The fraction of sp³-hybridized carbons (Fsp3) is 0.304. The summed E-state index contributed by atoms with van der Waals surface area (Å²) in [7, 11) is 0. The van der Waals surface area contributed by atoms with Gasteiger partial charge in [-0.05, 0) is 61.8 Å². The molecule has 4 rings (SSSR count). The summed E-state index contributed by atoms with van der Waals surface area (Å²) in [6, 6.07) is 14.3. The van der Waals surface area contributed by atoms with Gasteiger partial charge in [-0.25, -0.2) is 4.79 Å². The van der Waals surface area contributed by atoms with E-state index in [0.29, 0.717) is 17.3 Å². The van der Waals surface area contributed by atoms with Gasteiger partial charge < -0.3 is 15.4 Å². The first-order chi connectivity index (χ1) is 14.2. The molecule has 4 nitrogen and oxygen atoms in total. The molecule has 2 aromatic carbocycles. The van der Waals surface area contributed by atoms with Crippen LogP contribution >= 0.6 is 23.6 Å². The summed E-state index contributed by atoms with van der Waals surface area (Å²) in [5.41, 5.74) is 2.74. The number of nitrogens with one attached hydrogen (secondary N) is 2. The third-order valence-electron chi connectivity index (χ3n) is 5.17. The molecule has 0 saturated heterocycles. The summed E-state index contributed by atoms with van der Waals surface area (Å²) in [6.45, 7) is 2.20. The van der Waals surface area contributed by atoms with Crippen LogP contribution in [0.1, 0.15) is 47.0 Å². The van der Waals surface area contributed by atoms with Crippen LogP contribution < -0.4 is 10.6 Å². The molecule has 1 heterocycles. The molecule has 0 bridgehead atoms. The molecule has 0 saturated carbocycles. The number of thiocarbonyl (C=S) groups is 1. The number of esters is 1. The topological polar surface area (TPSA) is 50.4 Å². The lowest BCUT2D eigenvalue weighted by atomic mass is 10.1. The molecule has 2 N–H and O–H groups in total. The molecule has 0 fully saturated rings. The smallest absolute Gasteiger partial charge is 0.341 e. The van der Waals surface area contributed by atoms with E-state index in [1.807, 2.05) is 31.2 Å². The van der Waals surface area contributed by atoms with Crippen LogP contribution in [0.25, 0.3) is 10.8 Å². The quantitative estimate of drug-likeness (QED) is 0.299. The van der Waals surface area contributed by atoms with Crippen LogP contribution in [0.4, 0.5) is 10.7 Å². The normalized spacial score (nSPS) is 13.4. The van der Waals surface area contributed by atoms with Crippen molar-refractivity contribution in [3.63, 3.8) is 0 Å². The standard InChI is InChI=1S/C23H24N2O2S2/c1-2-27-22(26)20-17-12-4-3-5-14-19(17)29-21(20)25-23(28)24-18-13-8-10-15-9-6-7-11-16(15)18/h6-11,13H,2-5,12,14H2,1H3,(H2,24,25,28). The Balaban J connectivity index is 1.61. The Morgan fingerprint density at radius 3 is 2.72 bits per heavy atom. The number of rotatable bonds is 4. The number of anilines is 2. The highest BCUT2D eigenvalue weighted by molar-refractivity contribution is 7.80. The van der Waals surface area contributed by atoms with E-state index in [1.54, 1.807) is 11.3 Å². The fourth-order valence-corrected chi connectivity index (χ4v) is 5.40. The highest BCUT2D eigenvalue weighted by atomic mass is 32.1. The maximum Gasteiger partial charge on any atom is 0.341 e. The van der Waals surface area contributed by atoms with Crippen LogP contribution in [0.5, 0.6) is 0 Å². The van der Waals surface area contributed by atoms with Gasteiger partial charge in [-0.3, -0.25) is 0 Å². The number of fused-ring (bicyclic) bond motifs is 2. The zero-order chi connectivity index (χ0) is 20.2. The maximum atomic E-state index is 12.7. The average Bonchev–Trinajstić information content (AvgIpc) is 2.89. The Bertz CT molecular complexity index is 1050. The van der Waals surface area contributed by atoms with Gasteiger partial charge in [0.05, 0.1) is 12.2 Å². The van der Waals surface area contributed by atoms with E-state index < -0.39 is 0 Å². The van der Waals surface area contributed by atoms with Crippen molar-refractivity contribution in [3.8, 4) is 0 Å². The molecule has 0 amide bonds. The molecule has 0 aliphatic heterocycles. The lowest BCUT2D eigenvalue weighted by molar-refractivity contribution is 0.0527. The van der Waals surface area contributed by atoms with Gasteiger partial charge in [-0.1, -0.05) is 42.8 Å². The van der Waals surface area contributed by atoms with Crippen molar-refractivity contribution in [3.05, 3.63) is 58.5 Å². The highest BCUT2D eigenvalue weighted by Crippen LogP contribution is 2.38. The number of thiophene rings is 1. The van der Waals surface area contributed by atoms with Gasteiger partial charge in [0.2, 0.25) is 0 Å². The Labute approximate surface area is 180 Å². The predicted molar refractivity (Wildman–Crippen MR) is 125 cm³/mol. The number of hydrogen-bond acceptors (Lipinski definition) is 4. The largest absolute Gasteiger partial charge is 0.462 e. The fourth-order valence-electron chi connectivity index (χ4n) is 3.84. The first-order valence-electron chi connectivity index (χ1n) is 10.0. The third kappa shape index (κ3) is 4.28. The zero-order valence-electron chi connectivity index (χ0n) is 16.4. The average molecular weight is 425 g/mol. The summed E-state index contributed by atoms with van der Waals surface area (Å²) in [5, 5.41) is 10.1. The minimum atomic E-state index is -0.262. The van der Waals surface area contributed by atoms with Crippen LogP contribution in [0, 0.1) is 0 Å². The Kier molecular flexibility index (Phi) is 6.11. The van der Waals surface area contributed by atoms with Gasteiger partial charge in [0.25, 0.3) is 0 Å². The van der Waals surface area contributed by atoms with Crippen LogP contribution in [0.15, 0.2) is 42.5 Å². The van der Waals surface area contributed by atoms with E-state index in [-0.39, 0.29) is 5.97 Å². The molecule has 29 heavy (non-hydrogen) atoms. The molecule has 0 unspecified atom stereocenters. The van der Waals surface area contributed by atoms with Crippen molar-refractivity contribution < 1.29 is 9.53 Å². The number of aryl methyl sites for hydroxylation is 1. The second kappa shape index (κ2) is 8.93. The monoisotopic (exact) mass is 424 g/mol. The first kappa shape index (κ1) is 19.9. The predicted octanol–water partition coefficient (Wildman–Crippen LogP) is 6.16. The lowest BCUT2D eigenvalue weighted by Gasteiger charge is -2.13. The molecule has 1 aromatic heterocycles. The molecule has 1 aliphatic carbocycles. The van der Waals surface area contributed by atoms with E-state index in [0.717, 1.165) is 52.7 Å². The lowest BCUT2D eigenvalue weighted by Crippen LogP contribution is -2.20. The molecule has 6 heteroatoms. The highest BCUT2D eigenvalue weighted by Gasteiger charge is 2.26. The summed E-state index contributed by atoms with van der Waals surface area (Å²) < 4.78 is 5.36. The second-order valence-electron chi connectivity index (χ2n) is 7.09. The molecule has 0 atom stereocenters. The molecule has 1 aliphatic rings. The van der Waals surface area contributed by atoms with E-state index in [9.17, 15) is 4.79 Å². The molecule has 0 radical (unpaired) electrons. The first-order valence-corrected chi connectivity index (χ1v) is 11.3. The van der Waals surface area contributed by atoms with E-state index >= 15 is 0 Å². The molecular weight excluding hydrogens is 400 g/mol. The maximum absolute atomic E-state index is 12.7. The zero-order valence-corrected chi connectivity index (χ0v) is 18.1. The molecule has 0 spiro atoms. The van der Waals surface area contributed by atoms with Gasteiger partial charge in [0.1, 0.15) is 5.00 Å². The van der Waals surface area contributed by atoms with Crippen LogP contribution in [0.2, 0.25) is 0 Å². The number of benzene rings is 2. The minimum Gasteiger partial charge on any atom is -0.462 e. The number of carbonyl (C=O) groups is 1. The van der Waals surface area contributed by atoms with Crippen LogP contribution in [0.3, 0.4) is 0 Å². The molecule has 150 valence electrons. The Morgan fingerprint density at radius 1 is 1.07 bits per heavy atom. The van der Waals surface area contributed by atoms with Crippen molar-refractivity contribution in [1.29, 1.82) is 0 Å². The SMILES string of the molecule is CCOC(=O)c1c(NC(=S)Nc2cccc3ccccc23)sc2c1CCCCC2. The van der Waals surface area contributed by atoms with Crippen LogP contribution in [-0.2, 0) is 17.6 Å². The summed E-state index contributed by atoms with van der Waals surface area (Å²) >= 11 is 7.22. The summed E-state index contributed by atoms with van der Waals surface area (Å²) in [4.78, 5) is 14.0.